The molecule has 3 aromatic rings. The number of nitrogens with zero attached hydrogens (tertiary/aromatic N) is 1. The van der Waals surface area contributed by atoms with E-state index in [-0.39, 0.29) is 12.1 Å². The average molecular weight is 503 g/mol. The molecule has 1 saturated heterocycles. The fourth-order valence-electron chi connectivity index (χ4n) is 4.25. The van der Waals surface area contributed by atoms with E-state index in [1.807, 2.05) is 19.9 Å². The van der Waals surface area contributed by atoms with Crippen molar-refractivity contribution in [1.29, 1.82) is 0 Å². The second-order valence-electron chi connectivity index (χ2n) is 9.16. The minimum atomic E-state index is -0.939. The van der Waals surface area contributed by atoms with Crippen LogP contribution >= 0.6 is 0 Å². The zero-order valence-electron chi connectivity index (χ0n) is 21.3. The summed E-state index contributed by atoms with van der Waals surface area (Å²) in [5.41, 5.74) is 1.47. The Morgan fingerprint density at radius 1 is 1.03 bits per heavy atom. The molecule has 0 radical (unpaired) electrons. The zero-order valence-corrected chi connectivity index (χ0v) is 21.3. The maximum absolute atomic E-state index is 13.7. The Hall–Kier alpha value is -4.33. The van der Waals surface area contributed by atoms with Gasteiger partial charge in [-0.25, -0.2) is 4.98 Å². The second kappa shape index (κ2) is 11.2. The summed E-state index contributed by atoms with van der Waals surface area (Å²) in [6.07, 6.45) is 3.50. The maximum Gasteiger partial charge on any atom is 0.295 e. The molecule has 1 amide bonds. The van der Waals surface area contributed by atoms with Crippen LogP contribution in [0.5, 0.6) is 17.2 Å². The topological polar surface area (TPSA) is 102 Å². The van der Waals surface area contributed by atoms with Gasteiger partial charge >= 0.3 is 0 Å². The van der Waals surface area contributed by atoms with E-state index < -0.39 is 23.5 Å². The third-order valence-electron chi connectivity index (χ3n) is 6.09. The average Bonchev–Trinajstić information content (AvgIpc) is 3.16. The number of likely N-dealkylation sites (tertiary alicyclic amines) is 1. The maximum atomic E-state index is 13.7. The first kappa shape index (κ1) is 25.8. The number of ketones is 1. The standard InChI is InChI=1S/C29H30N2O6/c1-18(2)17-37-21-9-7-20(8-10-21)27(32)25-26(23-12-11-22(35-3)14-24(23)36-4)31(29(34)28(25)33)16-19-6-5-13-30-15-19/h5-15,18,26,32H,16-17H2,1-4H3/b27-25+. The number of methoxy groups -OCH3 is 2. The van der Waals surface area contributed by atoms with Crippen LogP contribution in [0, 0.1) is 5.92 Å². The van der Waals surface area contributed by atoms with Gasteiger partial charge in [0.05, 0.1) is 33.4 Å². The van der Waals surface area contributed by atoms with Gasteiger partial charge in [-0.2, -0.15) is 0 Å². The lowest BCUT2D eigenvalue weighted by atomic mass is 9.94. The summed E-state index contributed by atoms with van der Waals surface area (Å²) in [7, 11) is 3.02. The lowest BCUT2D eigenvalue weighted by Gasteiger charge is -2.28. The van der Waals surface area contributed by atoms with Crippen molar-refractivity contribution in [1.82, 2.24) is 4.90 Å². The molecule has 2 heterocycles. The summed E-state index contributed by atoms with van der Waals surface area (Å²) in [5.74, 6) is -0.157. The van der Waals surface area contributed by atoms with E-state index in [1.54, 1.807) is 60.9 Å². The largest absolute Gasteiger partial charge is 0.872 e. The smallest absolute Gasteiger partial charge is 0.295 e. The van der Waals surface area contributed by atoms with E-state index in [1.165, 1.54) is 19.1 Å². The highest BCUT2D eigenvalue weighted by Crippen LogP contribution is 2.43. The number of ether oxygens (including phenoxy) is 3. The van der Waals surface area contributed by atoms with E-state index in [9.17, 15) is 14.7 Å². The normalized spacial score (nSPS) is 16.8. The summed E-state index contributed by atoms with van der Waals surface area (Å²) in [6, 6.07) is 14.4. The van der Waals surface area contributed by atoms with Crippen LogP contribution in [0.15, 0.2) is 72.6 Å². The van der Waals surface area contributed by atoms with E-state index >= 15 is 0 Å². The van der Waals surface area contributed by atoms with Crippen molar-refractivity contribution in [2.24, 2.45) is 5.92 Å². The van der Waals surface area contributed by atoms with Gasteiger partial charge in [-0.15, -0.1) is 0 Å². The number of hydrogen-bond acceptors (Lipinski definition) is 6. The molecule has 0 spiro atoms. The monoisotopic (exact) mass is 502 g/mol. The molecule has 0 aliphatic carbocycles. The number of hydrogen-bond donors (Lipinski definition) is 0. The van der Waals surface area contributed by atoms with Crippen LogP contribution in [-0.4, -0.2) is 37.4 Å². The fraction of sp³-hybridized carbons (Fsp3) is 0.276. The SMILES string of the molecule is COc1ccc(C2/C(=C(\[O-])c3ccc(OCC(C)C)cc3)C(=O)C(=O)N2Cc2ccc[nH+]c2)c(OC)c1. The molecule has 1 aliphatic rings. The van der Waals surface area contributed by atoms with Gasteiger partial charge in [0.25, 0.3) is 5.91 Å². The minimum Gasteiger partial charge on any atom is -0.872 e. The highest BCUT2D eigenvalue weighted by Gasteiger charge is 2.45. The lowest BCUT2D eigenvalue weighted by molar-refractivity contribution is -0.378. The molecule has 8 nitrogen and oxygen atoms in total. The summed E-state index contributed by atoms with van der Waals surface area (Å²) in [5, 5.41) is 13.7. The minimum absolute atomic E-state index is 0.121. The Morgan fingerprint density at radius 2 is 1.76 bits per heavy atom. The lowest BCUT2D eigenvalue weighted by Crippen LogP contribution is -2.29. The Balaban J connectivity index is 1.82. The molecule has 1 atom stereocenters. The quantitative estimate of drug-likeness (QED) is 0.253. The van der Waals surface area contributed by atoms with Crippen LogP contribution in [0.25, 0.3) is 5.76 Å². The summed E-state index contributed by atoms with van der Waals surface area (Å²) >= 11 is 0. The Labute approximate surface area is 216 Å². The van der Waals surface area contributed by atoms with E-state index in [0.29, 0.717) is 40.9 Å². The fourth-order valence-corrected chi connectivity index (χ4v) is 4.25. The van der Waals surface area contributed by atoms with Crippen molar-refractivity contribution >= 4 is 17.4 Å². The summed E-state index contributed by atoms with van der Waals surface area (Å²) < 4.78 is 16.6. The van der Waals surface area contributed by atoms with Gasteiger partial charge in [-0.1, -0.05) is 31.7 Å². The molecule has 37 heavy (non-hydrogen) atoms. The predicted octanol–water partition coefficient (Wildman–Crippen LogP) is 2.98. The Morgan fingerprint density at radius 3 is 2.38 bits per heavy atom. The van der Waals surface area contributed by atoms with Gasteiger partial charge in [0.15, 0.2) is 12.4 Å². The van der Waals surface area contributed by atoms with Crippen molar-refractivity contribution in [3.8, 4) is 17.2 Å². The van der Waals surface area contributed by atoms with Crippen LogP contribution in [0.3, 0.4) is 0 Å². The number of nitrogens with one attached hydrogen (secondary N) is 1. The van der Waals surface area contributed by atoms with Crippen molar-refractivity contribution in [3.05, 3.63) is 89.3 Å². The molecule has 1 aliphatic heterocycles. The first-order chi connectivity index (χ1) is 17.8. The van der Waals surface area contributed by atoms with Crippen LogP contribution in [-0.2, 0) is 16.1 Å². The molecule has 192 valence electrons. The van der Waals surface area contributed by atoms with Crippen molar-refractivity contribution in [3.63, 3.8) is 0 Å². The van der Waals surface area contributed by atoms with Crippen LogP contribution in [0.1, 0.15) is 36.6 Å². The number of carbonyl (C=O) groups excluding carboxylic acids is 2. The van der Waals surface area contributed by atoms with Crippen LogP contribution in [0.2, 0.25) is 0 Å². The molecular formula is C29H30N2O6. The first-order valence-corrected chi connectivity index (χ1v) is 12.0. The number of Topliss-reactive ketones (excluding diaryl/α,β-unsaturated/α-hetero) is 1. The third-order valence-corrected chi connectivity index (χ3v) is 6.09. The number of pyridine rings is 1. The molecular weight excluding hydrogens is 472 g/mol. The first-order valence-electron chi connectivity index (χ1n) is 12.0. The molecule has 2 aromatic carbocycles. The highest BCUT2D eigenvalue weighted by molar-refractivity contribution is 6.46. The molecule has 0 bridgehead atoms. The van der Waals surface area contributed by atoms with Crippen LogP contribution < -0.4 is 24.3 Å². The second-order valence-corrected chi connectivity index (χ2v) is 9.16. The van der Waals surface area contributed by atoms with E-state index in [0.717, 1.165) is 5.56 Å². The molecule has 4 rings (SSSR count). The molecule has 1 fully saturated rings. The number of carbonyl (C=O) groups is 2. The Kier molecular flexibility index (Phi) is 7.77. The van der Waals surface area contributed by atoms with E-state index in [2.05, 4.69) is 4.98 Å². The van der Waals surface area contributed by atoms with Gasteiger partial charge in [-0.05, 0) is 41.8 Å². The molecule has 1 aromatic heterocycles. The zero-order chi connectivity index (χ0) is 26.5. The Bertz CT molecular complexity index is 1300. The van der Waals surface area contributed by atoms with Crippen molar-refractivity contribution in [2.45, 2.75) is 26.4 Å². The van der Waals surface area contributed by atoms with Crippen molar-refractivity contribution < 1.29 is 33.9 Å². The van der Waals surface area contributed by atoms with Gasteiger partial charge in [-0.3, -0.25) is 9.59 Å². The van der Waals surface area contributed by atoms with Crippen molar-refractivity contribution in [2.75, 3.05) is 20.8 Å². The van der Waals surface area contributed by atoms with Crippen LogP contribution in [0.4, 0.5) is 0 Å². The van der Waals surface area contributed by atoms with E-state index in [4.69, 9.17) is 14.2 Å². The third kappa shape index (κ3) is 5.43. The molecule has 0 saturated carbocycles. The summed E-state index contributed by atoms with van der Waals surface area (Å²) in [6.45, 7) is 4.76. The highest BCUT2D eigenvalue weighted by atomic mass is 16.5. The number of rotatable bonds is 9. The number of amides is 1. The predicted molar refractivity (Wildman–Crippen MR) is 135 cm³/mol. The van der Waals surface area contributed by atoms with Gasteiger partial charge in [0.1, 0.15) is 17.2 Å². The molecule has 8 heteroatoms. The van der Waals surface area contributed by atoms with Gasteiger partial charge < -0.3 is 24.2 Å². The van der Waals surface area contributed by atoms with Gasteiger partial charge in [0, 0.05) is 28.8 Å². The number of aromatic nitrogens is 1. The molecule has 1 N–H and O–H groups in total. The molecule has 1 unspecified atom stereocenters. The number of H-pyrrole nitrogens is 1. The number of benzene rings is 2. The van der Waals surface area contributed by atoms with Gasteiger partial charge in [0.2, 0.25) is 5.78 Å². The summed E-state index contributed by atoms with van der Waals surface area (Å²) in [4.78, 5) is 31.0. The number of aromatic amines is 1.